The zero-order valence-corrected chi connectivity index (χ0v) is 33.7. The van der Waals surface area contributed by atoms with Gasteiger partial charge in [-0.2, -0.15) is 5.06 Å². The summed E-state index contributed by atoms with van der Waals surface area (Å²) in [5.74, 6) is 0.205. The van der Waals surface area contributed by atoms with E-state index in [0.29, 0.717) is 47.2 Å². The number of para-hydroxylation sites is 1. The predicted molar refractivity (Wildman–Crippen MR) is 216 cm³/mol. The van der Waals surface area contributed by atoms with Crippen molar-refractivity contribution in [3.8, 4) is 16.9 Å². The molecule has 13 nitrogen and oxygen atoms in total. The van der Waals surface area contributed by atoms with Crippen LogP contribution in [-0.4, -0.2) is 102 Å². The molecule has 6 rings (SSSR count). The van der Waals surface area contributed by atoms with Gasteiger partial charge in [0.15, 0.2) is 0 Å². The summed E-state index contributed by atoms with van der Waals surface area (Å²) >= 11 is 0. The van der Waals surface area contributed by atoms with Gasteiger partial charge in [-0.05, 0) is 80.7 Å². The lowest BCUT2D eigenvalue weighted by Gasteiger charge is -2.62. The second-order valence-electron chi connectivity index (χ2n) is 16.6. The summed E-state index contributed by atoms with van der Waals surface area (Å²) in [6.07, 6.45) is 5.90. The molecular weight excluding hydrogens is 714 g/mol. The number of amides is 2. The fourth-order valence-electron chi connectivity index (χ4n) is 9.36. The van der Waals surface area contributed by atoms with Crippen LogP contribution in [0.4, 0.5) is 5.69 Å². The third-order valence-electron chi connectivity index (χ3n) is 12.4. The number of methoxy groups -OCH3 is 1. The van der Waals surface area contributed by atoms with E-state index in [1.165, 1.54) is 24.3 Å². The van der Waals surface area contributed by atoms with Crippen LogP contribution in [0.3, 0.4) is 0 Å². The number of ether oxygens (including phenoxy) is 1. The Hall–Kier alpha value is -4.40. The first-order valence-corrected chi connectivity index (χ1v) is 19.4. The van der Waals surface area contributed by atoms with Gasteiger partial charge in [-0.1, -0.05) is 70.4 Å². The van der Waals surface area contributed by atoms with Crippen molar-refractivity contribution in [3.05, 3.63) is 94.6 Å². The molecule has 2 aromatic carbocycles. The number of likely N-dealkylation sites (N-methyl/N-ethyl adjacent to an activating group) is 1. The van der Waals surface area contributed by atoms with E-state index in [1.807, 2.05) is 25.1 Å². The van der Waals surface area contributed by atoms with Gasteiger partial charge in [0.25, 0.3) is 11.6 Å². The van der Waals surface area contributed by atoms with Crippen LogP contribution in [0, 0.1) is 39.2 Å². The Morgan fingerprint density at radius 3 is 2.52 bits per heavy atom. The molecule has 1 heterocycles. The van der Waals surface area contributed by atoms with Crippen molar-refractivity contribution in [2.24, 2.45) is 29.1 Å². The lowest BCUT2D eigenvalue weighted by Crippen LogP contribution is -2.62. The number of nitrogens with zero attached hydrogens (tertiary/aromatic N) is 3. The lowest BCUT2D eigenvalue weighted by molar-refractivity contribution is -0.384. The number of nitro benzene ring substituents is 1. The Balaban J connectivity index is 1.45. The number of rotatable bonds is 17. The molecule has 0 unspecified atom stereocenters. The van der Waals surface area contributed by atoms with E-state index in [0.717, 1.165) is 18.4 Å². The predicted octanol–water partition coefficient (Wildman–Crippen LogP) is 5.28. The van der Waals surface area contributed by atoms with Crippen LogP contribution in [0.5, 0.6) is 5.75 Å². The lowest BCUT2D eigenvalue weighted by atomic mass is 9.45. The average Bonchev–Trinajstić information content (AvgIpc) is 3.53. The number of hydrogen-bond acceptors (Lipinski definition) is 10. The highest BCUT2D eigenvalue weighted by molar-refractivity contribution is 5.97. The number of non-ortho nitro benzene ring substituents is 1. The average molecular weight is 774 g/mol. The third-order valence-corrected chi connectivity index (χ3v) is 12.4. The number of fused-ring (bicyclic) bond motifs is 2. The number of aliphatic hydroxyl groups excluding tert-OH is 2. The molecule has 9 atom stereocenters. The number of carbonyl (C=O) groups is 2. The molecule has 4 aliphatic rings. The maximum atomic E-state index is 14.2. The number of aliphatic hydroxyl groups is 2. The Kier molecular flexibility index (Phi) is 13.6. The second kappa shape index (κ2) is 17.8. The summed E-state index contributed by atoms with van der Waals surface area (Å²) < 4.78 is 5.94. The van der Waals surface area contributed by atoms with Crippen LogP contribution in [-0.2, 0) is 16.2 Å². The molecule has 56 heavy (non-hydrogen) atoms. The van der Waals surface area contributed by atoms with Crippen LogP contribution in [0.25, 0.3) is 11.1 Å². The largest absolute Gasteiger partial charge is 0.496 e. The number of nitrogens with one attached hydrogen (secondary N) is 2. The van der Waals surface area contributed by atoms with Crippen molar-refractivity contribution in [1.82, 2.24) is 20.6 Å². The number of benzene rings is 2. The molecule has 1 aliphatic heterocycles. The maximum absolute atomic E-state index is 14.2. The molecule has 2 aromatic rings. The minimum Gasteiger partial charge on any atom is -0.496 e. The number of nitro groups is 1. The van der Waals surface area contributed by atoms with Gasteiger partial charge < -0.3 is 30.5 Å². The van der Waals surface area contributed by atoms with Crippen LogP contribution in [0.15, 0.2) is 73.4 Å². The molecule has 2 bridgehead atoms. The summed E-state index contributed by atoms with van der Waals surface area (Å²) in [4.78, 5) is 47.8. The van der Waals surface area contributed by atoms with Crippen molar-refractivity contribution >= 4 is 17.5 Å². The summed E-state index contributed by atoms with van der Waals surface area (Å²) in [5, 5.41) is 41.3. The second-order valence-corrected chi connectivity index (χ2v) is 16.6. The quantitative estimate of drug-likeness (QED) is 0.0944. The Bertz CT molecular complexity index is 1820. The fourth-order valence-corrected chi connectivity index (χ4v) is 9.36. The Labute approximate surface area is 330 Å². The first-order valence-electron chi connectivity index (χ1n) is 19.4. The van der Waals surface area contributed by atoms with Crippen molar-refractivity contribution < 1.29 is 34.3 Å². The van der Waals surface area contributed by atoms with Gasteiger partial charge in [-0.25, -0.2) is 0 Å². The van der Waals surface area contributed by atoms with Crippen LogP contribution in [0.1, 0.15) is 62.9 Å². The van der Waals surface area contributed by atoms with E-state index in [1.54, 1.807) is 43.3 Å². The molecule has 0 spiro atoms. The van der Waals surface area contributed by atoms with Gasteiger partial charge in [-0.15, -0.1) is 0 Å². The van der Waals surface area contributed by atoms with Crippen molar-refractivity contribution in [2.45, 2.75) is 83.8 Å². The third kappa shape index (κ3) is 8.92. The van der Waals surface area contributed by atoms with Crippen molar-refractivity contribution in [1.29, 1.82) is 0 Å². The zero-order valence-electron chi connectivity index (χ0n) is 33.7. The van der Waals surface area contributed by atoms with Crippen LogP contribution >= 0.6 is 0 Å². The Morgan fingerprint density at radius 2 is 1.95 bits per heavy atom. The highest BCUT2D eigenvalue weighted by atomic mass is 16.7. The number of hydrogen-bond donors (Lipinski definition) is 4. The van der Waals surface area contributed by atoms with Crippen molar-refractivity contribution in [2.75, 3.05) is 34.4 Å². The summed E-state index contributed by atoms with van der Waals surface area (Å²) in [6.45, 7) is 16.2. The molecule has 4 N–H and O–H groups in total. The highest BCUT2D eigenvalue weighted by Crippen LogP contribution is 2.61. The van der Waals surface area contributed by atoms with Gasteiger partial charge in [0.05, 0.1) is 31.3 Å². The summed E-state index contributed by atoms with van der Waals surface area (Å²) in [5.41, 5.74) is 2.40. The molecule has 304 valence electrons. The molecule has 0 aromatic heterocycles. The minimum absolute atomic E-state index is 0.0205. The van der Waals surface area contributed by atoms with E-state index in [-0.39, 0.29) is 47.1 Å². The first kappa shape index (κ1) is 42.7. The van der Waals surface area contributed by atoms with E-state index in [2.05, 4.69) is 44.6 Å². The van der Waals surface area contributed by atoms with Gasteiger partial charge in [-0.3, -0.25) is 24.5 Å². The molecule has 3 saturated carbocycles. The molecule has 3 aliphatic carbocycles. The first-order chi connectivity index (χ1) is 26.5. The van der Waals surface area contributed by atoms with E-state index in [9.17, 15) is 29.9 Å². The number of carbonyl (C=O) groups excluding carboxylic acids is 2. The molecule has 0 radical (unpaired) electrons. The molecule has 4 fully saturated rings. The SMILES string of the molecule is C=C/C=C(\C=C)C[C@@H](CN(C)C)NC(=O)c1cc(-c2cccc(CN3O[C@@H](CO)[C@@H]([C@H](C)O)[C@H]3C(=O)N[C@H]3C[C@H]4C[C@@H]([C@@H]3C)C4(C)C)c2OC)cc([N+](=O)[O-])c1. The molecular formula is C43H59N5O8. The normalized spacial score (nSPS) is 26.8. The fraction of sp³-hybridized carbons (Fsp3) is 0.535. The number of hydroxylamine groups is 2. The zero-order chi connectivity index (χ0) is 41.1. The summed E-state index contributed by atoms with van der Waals surface area (Å²) in [7, 11) is 5.27. The monoisotopic (exact) mass is 773 g/mol. The van der Waals surface area contributed by atoms with E-state index >= 15 is 0 Å². The maximum Gasteiger partial charge on any atom is 0.270 e. The van der Waals surface area contributed by atoms with Gasteiger partial charge in [0.1, 0.15) is 17.9 Å². The van der Waals surface area contributed by atoms with Gasteiger partial charge in [0.2, 0.25) is 5.91 Å². The van der Waals surface area contributed by atoms with E-state index in [4.69, 9.17) is 9.57 Å². The Morgan fingerprint density at radius 1 is 1.21 bits per heavy atom. The molecule has 13 heteroatoms. The van der Waals surface area contributed by atoms with Crippen molar-refractivity contribution in [3.63, 3.8) is 0 Å². The van der Waals surface area contributed by atoms with Crippen LogP contribution in [0.2, 0.25) is 0 Å². The van der Waals surface area contributed by atoms with E-state index < -0.39 is 41.6 Å². The highest BCUT2D eigenvalue weighted by Gasteiger charge is 2.57. The molecule has 2 amide bonds. The standard InChI is InChI=1S/C43H59N5O8/c1-10-13-27(11-2)16-32(23-46(7)8)44-41(51)30-17-29(18-33(19-30)48(53)54)34-15-12-14-28(40(34)55-9)22-47-39(38(26(4)50)37(24-49)56-47)42(52)45-36-21-31-20-35(25(36)3)43(31,5)6/h10-15,17-19,25-26,31-32,35-39,49-50H,1-2,16,20-24H2,3-9H3,(H,44,51)(H,45,52)/b27-13+/t25-,26-,31+,32-,35-,36-,37-,38+,39-/m0/s1. The smallest absolute Gasteiger partial charge is 0.270 e. The van der Waals surface area contributed by atoms with Gasteiger partial charge >= 0.3 is 0 Å². The minimum atomic E-state index is -0.967. The van der Waals surface area contributed by atoms with Gasteiger partial charge in [0, 0.05) is 53.4 Å². The summed E-state index contributed by atoms with van der Waals surface area (Å²) in [6, 6.07) is 8.27. The van der Waals surface area contributed by atoms with Crippen LogP contribution < -0.4 is 15.4 Å². The number of allylic oxidation sites excluding steroid dienone is 3. The topological polar surface area (TPSA) is 167 Å². The molecule has 1 saturated heterocycles.